The highest BCUT2D eigenvalue weighted by Gasteiger charge is 2.34. The van der Waals surface area contributed by atoms with E-state index in [1.807, 2.05) is 6.92 Å². The van der Waals surface area contributed by atoms with Gasteiger partial charge in [-0.05, 0) is 5.92 Å². The molecule has 2 atom stereocenters. The monoisotopic (exact) mass is 282 g/mol. The van der Waals surface area contributed by atoms with E-state index in [1.54, 1.807) is 11.3 Å². The zero-order valence-electron chi connectivity index (χ0n) is 12.0. The van der Waals surface area contributed by atoms with Crippen LogP contribution in [-0.2, 0) is 16.8 Å². The lowest BCUT2D eigenvalue weighted by atomic mass is 9.93. The lowest BCUT2D eigenvalue weighted by molar-refractivity contribution is -0.142. The second-order valence-corrected chi connectivity index (χ2v) is 7.44. The smallest absolute Gasteiger partial charge is 0.308 e. The number of aromatic nitrogens is 1. The number of nitrogens with zero attached hydrogens (tertiary/aromatic N) is 2. The molecule has 1 aromatic rings. The van der Waals surface area contributed by atoms with Crippen LogP contribution in [0.5, 0.6) is 0 Å². The van der Waals surface area contributed by atoms with Crippen molar-refractivity contribution < 1.29 is 9.90 Å². The fourth-order valence-corrected chi connectivity index (χ4v) is 3.50. The fraction of sp³-hybridized carbons (Fsp3) is 0.714. The van der Waals surface area contributed by atoms with Gasteiger partial charge in [0.1, 0.15) is 5.01 Å². The molecule has 1 fully saturated rings. The van der Waals surface area contributed by atoms with Crippen LogP contribution in [-0.4, -0.2) is 34.0 Å². The maximum atomic E-state index is 11.1. The Morgan fingerprint density at radius 2 is 2.21 bits per heavy atom. The van der Waals surface area contributed by atoms with Crippen molar-refractivity contribution in [3.05, 3.63) is 16.1 Å². The molecule has 0 saturated carbocycles. The number of thiazole rings is 1. The molecule has 2 heterocycles. The predicted molar refractivity (Wildman–Crippen MR) is 76.4 cm³/mol. The highest BCUT2D eigenvalue weighted by Crippen LogP contribution is 2.28. The van der Waals surface area contributed by atoms with E-state index in [1.165, 1.54) is 0 Å². The van der Waals surface area contributed by atoms with Crippen molar-refractivity contribution in [3.63, 3.8) is 0 Å². The predicted octanol–water partition coefficient (Wildman–Crippen LogP) is 2.59. The molecule has 0 radical (unpaired) electrons. The molecule has 0 bridgehead atoms. The molecule has 0 unspecified atom stereocenters. The van der Waals surface area contributed by atoms with Gasteiger partial charge in [0, 0.05) is 23.9 Å². The summed E-state index contributed by atoms with van der Waals surface area (Å²) < 4.78 is 0. The number of carboxylic acids is 1. The first-order valence-electron chi connectivity index (χ1n) is 6.67. The molecule has 4 nitrogen and oxygen atoms in total. The van der Waals surface area contributed by atoms with Gasteiger partial charge in [0.05, 0.1) is 18.2 Å². The van der Waals surface area contributed by atoms with Crippen molar-refractivity contribution >= 4 is 17.3 Å². The minimum absolute atomic E-state index is 0.0800. The van der Waals surface area contributed by atoms with E-state index in [0.29, 0.717) is 6.54 Å². The van der Waals surface area contributed by atoms with Crippen molar-refractivity contribution in [2.45, 2.75) is 39.7 Å². The van der Waals surface area contributed by atoms with Crippen molar-refractivity contribution in [2.75, 3.05) is 13.1 Å². The third-order valence-corrected chi connectivity index (χ3v) is 4.52. The molecule has 1 aliphatic rings. The van der Waals surface area contributed by atoms with Crippen LogP contribution in [0.4, 0.5) is 0 Å². The SMILES string of the molecule is C[C@@H]1CN(Cc2nc(C(C)(C)C)cs2)C[C@H]1C(=O)O. The zero-order valence-corrected chi connectivity index (χ0v) is 12.8. The van der Waals surface area contributed by atoms with Crippen LogP contribution >= 0.6 is 11.3 Å². The molecule has 1 saturated heterocycles. The van der Waals surface area contributed by atoms with Gasteiger partial charge >= 0.3 is 5.97 Å². The van der Waals surface area contributed by atoms with Crippen molar-refractivity contribution in [2.24, 2.45) is 11.8 Å². The molecule has 1 aliphatic heterocycles. The van der Waals surface area contributed by atoms with E-state index < -0.39 is 5.97 Å². The second-order valence-electron chi connectivity index (χ2n) is 6.49. The largest absolute Gasteiger partial charge is 0.481 e. The Morgan fingerprint density at radius 3 is 2.68 bits per heavy atom. The lowest BCUT2D eigenvalue weighted by Gasteiger charge is -2.15. The average molecular weight is 282 g/mol. The fourth-order valence-electron chi connectivity index (χ4n) is 2.44. The van der Waals surface area contributed by atoms with Crippen LogP contribution < -0.4 is 0 Å². The van der Waals surface area contributed by atoms with Gasteiger partial charge < -0.3 is 5.11 Å². The van der Waals surface area contributed by atoms with Gasteiger partial charge in [0.15, 0.2) is 0 Å². The molecular weight excluding hydrogens is 260 g/mol. The lowest BCUT2D eigenvalue weighted by Crippen LogP contribution is -2.23. The van der Waals surface area contributed by atoms with Crippen LogP contribution in [0.1, 0.15) is 38.4 Å². The van der Waals surface area contributed by atoms with Crippen LogP contribution in [0.3, 0.4) is 0 Å². The summed E-state index contributed by atoms with van der Waals surface area (Å²) in [5.74, 6) is -0.689. The van der Waals surface area contributed by atoms with Crippen LogP contribution in [0, 0.1) is 11.8 Å². The summed E-state index contributed by atoms with van der Waals surface area (Å²) in [5, 5.41) is 12.3. The van der Waals surface area contributed by atoms with Gasteiger partial charge in [0.25, 0.3) is 0 Å². The molecule has 106 valence electrons. The first-order valence-corrected chi connectivity index (χ1v) is 7.55. The third-order valence-electron chi connectivity index (χ3n) is 3.68. The van der Waals surface area contributed by atoms with Crippen LogP contribution in [0.2, 0.25) is 0 Å². The summed E-state index contributed by atoms with van der Waals surface area (Å²) >= 11 is 1.67. The minimum atomic E-state index is -0.676. The van der Waals surface area contributed by atoms with Gasteiger partial charge in [-0.3, -0.25) is 9.69 Å². The van der Waals surface area contributed by atoms with Crippen molar-refractivity contribution in [1.29, 1.82) is 0 Å². The van der Waals surface area contributed by atoms with Crippen LogP contribution in [0.15, 0.2) is 5.38 Å². The molecular formula is C14H22N2O2S. The molecule has 1 N–H and O–H groups in total. The highest BCUT2D eigenvalue weighted by molar-refractivity contribution is 7.09. The summed E-state index contributed by atoms with van der Waals surface area (Å²) in [7, 11) is 0. The Kier molecular flexibility index (Phi) is 3.97. The summed E-state index contributed by atoms with van der Waals surface area (Å²) in [5.41, 5.74) is 1.20. The topological polar surface area (TPSA) is 53.4 Å². The molecule has 0 aromatic carbocycles. The summed E-state index contributed by atoms with van der Waals surface area (Å²) in [6, 6.07) is 0. The molecule has 19 heavy (non-hydrogen) atoms. The van der Waals surface area contributed by atoms with Gasteiger partial charge in [-0.2, -0.15) is 0 Å². The third kappa shape index (κ3) is 3.34. The van der Waals surface area contributed by atoms with E-state index in [0.717, 1.165) is 23.8 Å². The number of carbonyl (C=O) groups is 1. The van der Waals surface area contributed by atoms with E-state index in [4.69, 9.17) is 5.11 Å². The summed E-state index contributed by atoms with van der Waals surface area (Å²) in [6.45, 7) is 10.7. The van der Waals surface area contributed by atoms with Crippen molar-refractivity contribution in [3.8, 4) is 0 Å². The molecule has 2 rings (SSSR count). The minimum Gasteiger partial charge on any atom is -0.481 e. The van der Waals surface area contributed by atoms with E-state index >= 15 is 0 Å². The normalized spacial score (nSPS) is 24.8. The molecule has 1 aromatic heterocycles. The second kappa shape index (κ2) is 5.21. The number of carboxylic acid groups (broad SMARTS) is 1. The summed E-state index contributed by atoms with van der Waals surface area (Å²) in [6.07, 6.45) is 0. The highest BCUT2D eigenvalue weighted by atomic mass is 32.1. The van der Waals surface area contributed by atoms with Crippen LogP contribution in [0.25, 0.3) is 0 Å². The molecule has 5 heteroatoms. The van der Waals surface area contributed by atoms with E-state index in [2.05, 4.69) is 36.0 Å². The van der Waals surface area contributed by atoms with Gasteiger partial charge in [-0.15, -0.1) is 11.3 Å². The number of hydrogen-bond donors (Lipinski definition) is 1. The number of rotatable bonds is 3. The van der Waals surface area contributed by atoms with Gasteiger partial charge in [0.2, 0.25) is 0 Å². The number of hydrogen-bond acceptors (Lipinski definition) is 4. The van der Waals surface area contributed by atoms with Crippen molar-refractivity contribution in [1.82, 2.24) is 9.88 Å². The number of aliphatic carboxylic acids is 1. The quantitative estimate of drug-likeness (QED) is 0.926. The standard InChI is InChI=1S/C14H22N2O2S/c1-9-5-16(6-10(9)13(17)18)7-12-15-11(8-19-12)14(2,3)4/h8-10H,5-7H2,1-4H3,(H,17,18)/t9-,10-/m1/s1. The Hall–Kier alpha value is -0.940. The Labute approximate surface area is 118 Å². The van der Waals surface area contributed by atoms with E-state index in [9.17, 15) is 4.79 Å². The Morgan fingerprint density at radius 1 is 1.53 bits per heavy atom. The number of likely N-dealkylation sites (tertiary alicyclic amines) is 1. The van der Waals surface area contributed by atoms with Gasteiger partial charge in [-0.1, -0.05) is 27.7 Å². The van der Waals surface area contributed by atoms with Gasteiger partial charge in [-0.25, -0.2) is 4.98 Å². The average Bonchev–Trinajstić information content (AvgIpc) is 2.85. The molecule has 0 amide bonds. The molecule has 0 spiro atoms. The molecule has 0 aliphatic carbocycles. The zero-order chi connectivity index (χ0) is 14.2. The Bertz CT molecular complexity index is 464. The summed E-state index contributed by atoms with van der Waals surface area (Å²) in [4.78, 5) is 18.0. The Balaban J connectivity index is 1.99. The maximum absolute atomic E-state index is 11.1. The first-order chi connectivity index (χ1) is 8.77. The first kappa shape index (κ1) is 14.5. The maximum Gasteiger partial charge on any atom is 0.308 e. The van der Waals surface area contributed by atoms with E-state index in [-0.39, 0.29) is 17.3 Å².